The maximum Gasteiger partial charge on any atom is 0.124 e. The van der Waals surface area contributed by atoms with Gasteiger partial charge in [-0.05, 0) is 24.7 Å². The van der Waals surface area contributed by atoms with E-state index in [2.05, 4.69) is 24.4 Å². The average molecular weight is 282 g/mol. The third-order valence-electron chi connectivity index (χ3n) is 2.74. The predicted molar refractivity (Wildman–Crippen MR) is 77.8 cm³/mol. The number of ether oxygens (including phenoxy) is 1. The summed E-state index contributed by atoms with van der Waals surface area (Å²) in [6.07, 6.45) is 0. The minimum atomic E-state index is 0.128. The van der Waals surface area contributed by atoms with Crippen LogP contribution >= 0.6 is 22.9 Å². The smallest absolute Gasteiger partial charge is 0.124 e. The van der Waals surface area contributed by atoms with Crippen molar-refractivity contribution in [3.8, 4) is 5.75 Å². The molecular formula is C14H16ClNOS. The van der Waals surface area contributed by atoms with Gasteiger partial charge >= 0.3 is 0 Å². The molecule has 1 unspecified atom stereocenters. The molecule has 0 amide bonds. The van der Waals surface area contributed by atoms with E-state index in [0.717, 1.165) is 22.2 Å². The maximum absolute atomic E-state index is 6.03. The Balaban J connectivity index is 2.41. The van der Waals surface area contributed by atoms with Crippen molar-refractivity contribution in [2.45, 2.75) is 13.0 Å². The summed E-state index contributed by atoms with van der Waals surface area (Å²) >= 11 is 7.62. The fourth-order valence-electron chi connectivity index (χ4n) is 1.96. The van der Waals surface area contributed by atoms with Crippen molar-refractivity contribution >= 4 is 22.9 Å². The molecule has 18 heavy (non-hydrogen) atoms. The van der Waals surface area contributed by atoms with Gasteiger partial charge in [-0.1, -0.05) is 36.7 Å². The van der Waals surface area contributed by atoms with Crippen LogP contribution in [0.25, 0.3) is 0 Å². The van der Waals surface area contributed by atoms with Crippen LogP contribution in [0, 0.1) is 0 Å². The van der Waals surface area contributed by atoms with Gasteiger partial charge in [-0.25, -0.2) is 0 Å². The highest BCUT2D eigenvalue weighted by Crippen LogP contribution is 2.34. The van der Waals surface area contributed by atoms with Gasteiger partial charge in [0.2, 0.25) is 0 Å². The van der Waals surface area contributed by atoms with Crippen molar-refractivity contribution in [1.29, 1.82) is 0 Å². The molecule has 0 aliphatic carbocycles. The second-order valence-corrected chi connectivity index (χ2v) is 5.62. The van der Waals surface area contributed by atoms with E-state index in [9.17, 15) is 0 Å². The van der Waals surface area contributed by atoms with Gasteiger partial charge < -0.3 is 10.1 Å². The molecule has 1 aromatic heterocycles. The van der Waals surface area contributed by atoms with Crippen molar-refractivity contribution in [3.05, 3.63) is 51.2 Å². The highest BCUT2D eigenvalue weighted by molar-refractivity contribution is 7.16. The molecule has 0 radical (unpaired) electrons. The lowest BCUT2D eigenvalue weighted by molar-refractivity contribution is 0.404. The van der Waals surface area contributed by atoms with Gasteiger partial charge in [-0.15, -0.1) is 11.3 Å². The summed E-state index contributed by atoms with van der Waals surface area (Å²) in [7, 11) is 1.70. The second kappa shape index (κ2) is 6.23. The quantitative estimate of drug-likeness (QED) is 0.890. The minimum absolute atomic E-state index is 0.128. The Kier molecular flexibility index (Phi) is 4.64. The zero-order valence-electron chi connectivity index (χ0n) is 10.4. The number of para-hydroxylation sites is 1. The Hall–Kier alpha value is -1.03. The fourth-order valence-corrected chi connectivity index (χ4v) is 3.11. The van der Waals surface area contributed by atoms with Crippen molar-refractivity contribution in [3.63, 3.8) is 0 Å². The van der Waals surface area contributed by atoms with Crippen LogP contribution < -0.4 is 10.1 Å². The van der Waals surface area contributed by atoms with Gasteiger partial charge in [-0.3, -0.25) is 0 Å². The van der Waals surface area contributed by atoms with E-state index in [4.69, 9.17) is 16.3 Å². The van der Waals surface area contributed by atoms with Gasteiger partial charge in [0.15, 0.2) is 0 Å². The average Bonchev–Trinajstić information content (AvgIpc) is 2.82. The molecule has 0 saturated carbocycles. The molecule has 1 atom stereocenters. The van der Waals surface area contributed by atoms with E-state index in [0.29, 0.717) is 0 Å². The first-order valence-electron chi connectivity index (χ1n) is 5.87. The van der Waals surface area contributed by atoms with Crippen molar-refractivity contribution < 1.29 is 4.74 Å². The third-order valence-corrected chi connectivity index (χ3v) is 4.03. The number of hydrogen-bond donors (Lipinski definition) is 1. The fraction of sp³-hybridized carbons (Fsp3) is 0.286. The van der Waals surface area contributed by atoms with Crippen LogP contribution in [0.15, 0.2) is 36.4 Å². The standard InChI is InChI=1S/C14H16ClNOS/c1-3-16-14(12-8-9-13(15)18-12)10-6-4-5-7-11(10)17-2/h4-9,14,16H,3H2,1-2H3. The Morgan fingerprint density at radius 2 is 2.06 bits per heavy atom. The number of rotatable bonds is 5. The number of methoxy groups -OCH3 is 1. The van der Waals surface area contributed by atoms with Crippen LogP contribution in [0.3, 0.4) is 0 Å². The van der Waals surface area contributed by atoms with Gasteiger partial charge in [0, 0.05) is 10.4 Å². The molecule has 0 bridgehead atoms. The molecule has 0 fully saturated rings. The van der Waals surface area contributed by atoms with E-state index in [1.165, 1.54) is 4.88 Å². The van der Waals surface area contributed by atoms with Gasteiger partial charge in [0.05, 0.1) is 17.5 Å². The number of halogens is 1. The van der Waals surface area contributed by atoms with Crippen LogP contribution in [0.5, 0.6) is 5.75 Å². The summed E-state index contributed by atoms with van der Waals surface area (Å²) < 4.78 is 6.24. The monoisotopic (exact) mass is 281 g/mol. The van der Waals surface area contributed by atoms with E-state index in [1.54, 1.807) is 18.4 Å². The molecule has 1 heterocycles. The summed E-state index contributed by atoms with van der Waals surface area (Å²) in [5, 5.41) is 3.48. The van der Waals surface area contributed by atoms with E-state index in [-0.39, 0.29) is 6.04 Å². The molecule has 2 rings (SSSR count). The lowest BCUT2D eigenvalue weighted by atomic mass is 10.0. The summed E-state index contributed by atoms with van der Waals surface area (Å²) in [5.74, 6) is 0.896. The van der Waals surface area contributed by atoms with E-state index >= 15 is 0 Å². The number of thiophene rings is 1. The molecular weight excluding hydrogens is 266 g/mol. The summed E-state index contributed by atoms with van der Waals surface area (Å²) in [4.78, 5) is 1.20. The topological polar surface area (TPSA) is 21.3 Å². The second-order valence-electron chi connectivity index (χ2n) is 3.87. The Labute approximate surface area is 117 Å². The molecule has 0 aliphatic heterocycles. The Morgan fingerprint density at radius 3 is 2.67 bits per heavy atom. The molecule has 1 N–H and O–H groups in total. The largest absolute Gasteiger partial charge is 0.496 e. The normalized spacial score (nSPS) is 12.4. The third kappa shape index (κ3) is 2.86. The SMILES string of the molecule is CCNC(c1ccc(Cl)s1)c1ccccc1OC. The summed E-state index contributed by atoms with van der Waals surface area (Å²) in [5.41, 5.74) is 1.14. The number of hydrogen-bond acceptors (Lipinski definition) is 3. The predicted octanol–water partition coefficient (Wildman–Crippen LogP) is 4.11. The van der Waals surface area contributed by atoms with E-state index < -0.39 is 0 Å². The first-order valence-corrected chi connectivity index (χ1v) is 7.07. The van der Waals surface area contributed by atoms with Crippen LogP contribution in [-0.2, 0) is 0 Å². The highest BCUT2D eigenvalue weighted by Gasteiger charge is 2.18. The highest BCUT2D eigenvalue weighted by atomic mass is 35.5. The lowest BCUT2D eigenvalue weighted by Crippen LogP contribution is -2.21. The minimum Gasteiger partial charge on any atom is -0.496 e. The molecule has 0 saturated heterocycles. The zero-order valence-corrected chi connectivity index (χ0v) is 12.0. The van der Waals surface area contributed by atoms with Crippen LogP contribution in [0.4, 0.5) is 0 Å². The van der Waals surface area contributed by atoms with Crippen molar-refractivity contribution in [1.82, 2.24) is 5.32 Å². The Bertz CT molecular complexity index is 512. The zero-order chi connectivity index (χ0) is 13.0. The Morgan fingerprint density at radius 1 is 1.28 bits per heavy atom. The van der Waals surface area contributed by atoms with Gasteiger partial charge in [0.1, 0.15) is 5.75 Å². The molecule has 2 aromatic rings. The molecule has 2 nitrogen and oxygen atoms in total. The van der Waals surface area contributed by atoms with Crippen LogP contribution in [-0.4, -0.2) is 13.7 Å². The van der Waals surface area contributed by atoms with Gasteiger partial charge in [-0.2, -0.15) is 0 Å². The van der Waals surface area contributed by atoms with Crippen molar-refractivity contribution in [2.24, 2.45) is 0 Å². The lowest BCUT2D eigenvalue weighted by Gasteiger charge is -2.19. The first-order chi connectivity index (χ1) is 8.76. The molecule has 1 aromatic carbocycles. The molecule has 4 heteroatoms. The number of benzene rings is 1. The van der Waals surface area contributed by atoms with Gasteiger partial charge in [0.25, 0.3) is 0 Å². The van der Waals surface area contributed by atoms with Crippen LogP contribution in [0.1, 0.15) is 23.4 Å². The molecule has 0 aliphatic rings. The van der Waals surface area contributed by atoms with Crippen LogP contribution in [0.2, 0.25) is 4.34 Å². The van der Waals surface area contributed by atoms with E-state index in [1.807, 2.05) is 24.3 Å². The van der Waals surface area contributed by atoms with Crippen molar-refractivity contribution in [2.75, 3.05) is 13.7 Å². The molecule has 0 spiro atoms. The summed E-state index contributed by atoms with van der Waals surface area (Å²) in [6.45, 7) is 2.98. The first kappa shape index (κ1) is 13.4. The number of nitrogens with one attached hydrogen (secondary N) is 1. The maximum atomic E-state index is 6.03. The molecule has 96 valence electrons. The summed E-state index contributed by atoms with van der Waals surface area (Å²) in [6, 6.07) is 12.2.